The smallest absolute Gasteiger partial charge is 0.382 e. The normalized spacial score (nSPS) is 13.4. The van der Waals surface area contributed by atoms with Crippen LogP contribution in [0.4, 0.5) is 13.2 Å². The van der Waals surface area contributed by atoms with Gasteiger partial charge in [0.25, 0.3) is 0 Å². The molecule has 0 aliphatic heterocycles. The minimum atomic E-state index is -4.69. The van der Waals surface area contributed by atoms with Crippen molar-refractivity contribution in [3.8, 4) is 0 Å². The summed E-state index contributed by atoms with van der Waals surface area (Å²) < 4.78 is 35.7. The fraction of sp³-hybridized carbons (Fsp3) is 0.500. The lowest BCUT2D eigenvalue weighted by Crippen LogP contribution is -2.40. The maximum Gasteiger partial charge on any atom is 0.416 e. The molecule has 3 nitrogen and oxygen atoms in total. The first-order valence-corrected chi connectivity index (χ1v) is 5.81. The molecule has 1 atom stereocenters. The van der Waals surface area contributed by atoms with Crippen LogP contribution in [-0.2, 0) is 11.2 Å². The van der Waals surface area contributed by atoms with Crippen LogP contribution >= 0.6 is 11.3 Å². The fourth-order valence-corrected chi connectivity index (χ4v) is 1.82. The number of aliphatic hydroxyl groups is 1. The highest BCUT2D eigenvalue weighted by atomic mass is 32.1. The van der Waals surface area contributed by atoms with E-state index in [0.717, 1.165) is 4.88 Å². The molecule has 0 bridgehead atoms. The molecule has 17 heavy (non-hydrogen) atoms. The molecule has 2 N–H and O–H groups in total. The molecule has 0 saturated heterocycles. The van der Waals surface area contributed by atoms with E-state index in [0.29, 0.717) is 6.42 Å². The molecule has 1 amide bonds. The Morgan fingerprint density at radius 2 is 2.24 bits per heavy atom. The third kappa shape index (κ3) is 5.18. The van der Waals surface area contributed by atoms with Crippen molar-refractivity contribution in [1.82, 2.24) is 5.32 Å². The summed E-state index contributed by atoms with van der Waals surface area (Å²) in [6, 6.07) is 3.69. The molecule has 1 aromatic rings. The van der Waals surface area contributed by atoms with Crippen molar-refractivity contribution in [3.63, 3.8) is 0 Å². The maximum atomic E-state index is 11.9. The molecule has 0 radical (unpaired) electrons. The third-order valence-electron chi connectivity index (χ3n) is 2.05. The Morgan fingerprint density at radius 3 is 2.76 bits per heavy atom. The van der Waals surface area contributed by atoms with Crippen LogP contribution in [-0.4, -0.2) is 29.8 Å². The van der Waals surface area contributed by atoms with Crippen LogP contribution in [0.25, 0.3) is 0 Å². The predicted molar refractivity (Wildman–Crippen MR) is 57.7 cm³/mol. The highest BCUT2D eigenvalue weighted by Crippen LogP contribution is 2.19. The molecule has 0 spiro atoms. The SMILES string of the molecule is O=C(CCc1cccs1)NCC(O)C(F)(F)F. The summed E-state index contributed by atoms with van der Waals surface area (Å²) in [6.07, 6.45) is -6.59. The van der Waals surface area contributed by atoms with Gasteiger partial charge in [0.15, 0.2) is 6.10 Å². The molecule has 0 aliphatic carbocycles. The number of rotatable bonds is 5. The van der Waals surface area contributed by atoms with Crippen LogP contribution in [0.3, 0.4) is 0 Å². The molecule has 0 aliphatic rings. The van der Waals surface area contributed by atoms with E-state index in [-0.39, 0.29) is 6.42 Å². The zero-order valence-corrected chi connectivity index (χ0v) is 9.64. The van der Waals surface area contributed by atoms with Gasteiger partial charge in [-0.2, -0.15) is 13.2 Å². The molecular weight excluding hydrogens is 255 g/mol. The second-order valence-corrected chi connectivity index (χ2v) is 4.47. The van der Waals surface area contributed by atoms with Gasteiger partial charge in [-0.1, -0.05) is 6.07 Å². The number of carbonyl (C=O) groups excluding carboxylic acids is 1. The summed E-state index contributed by atoms with van der Waals surface area (Å²) >= 11 is 1.48. The lowest BCUT2D eigenvalue weighted by molar-refractivity contribution is -0.201. The lowest BCUT2D eigenvalue weighted by atomic mass is 10.2. The fourth-order valence-electron chi connectivity index (χ4n) is 1.11. The number of thiophene rings is 1. The monoisotopic (exact) mass is 267 g/mol. The minimum absolute atomic E-state index is 0.116. The van der Waals surface area contributed by atoms with Gasteiger partial charge in [-0.15, -0.1) is 11.3 Å². The molecule has 0 saturated carbocycles. The maximum absolute atomic E-state index is 11.9. The number of hydrogen-bond acceptors (Lipinski definition) is 3. The standard InChI is InChI=1S/C10H12F3NO2S/c11-10(12,13)8(15)6-14-9(16)4-3-7-2-1-5-17-7/h1-2,5,8,15H,3-4,6H2,(H,14,16). The van der Waals surface area contributed by atoms with E-state index in [9.17, 15) is 18.0 Å². The van der Waals surface area contributed by atoms with E-state index in [1.54, 1.807) is 0 Å². The van der Waals surface area contributed by atoms with E-state index >= 15 is 0 Å². The Hall–Kier alpha value is -1.08. The highest BCUT2D eigenvalue weighted by Gasteiger charge is 2.38. The van der Waals surface area contributed by atoms with Gasteiger partial charge in [0.05, 0.1) is 6.54 Å². The number of hydrogen-bond donors (Lipinski definition) is 2. The van der Waals surface area contributed by atoms with E-state index in [2.05, 4.69) is 0 Å². The highest BCUT2D eigenvalue weighted by molar-refractivity contribution is 7.09. The predicted octanol–water partition coefficient (Wildman–Crippen LogP) is 1.72. The first-order valence-electron chi connectivity index (χ1n) is 4.93. The van der Waals surface area contributed by atoms with Crippen molar-refractivity contribution in [1.29, 1.82) is 0 Å². The van der Waals surface area contributed by atoms with Gasteiger partial charge in [0, 0.05) is 11.3 Å². The van der Waals surface area contributed by atoms with Gasteiger partial charge in [-0.05, 0) is 17.9 Å². The van der Waals surface area contributed by atoms with E-state index < -0.39 is 24.7 Å². The lowest BCUT2D eigenvalue weighted by Gasteiger charge is -2.14. The molecule has 1 aromatic heterocycles. The number of aryl methyl sites for hydroxylation is 1. The van der Waals surface area contributed by atoms with Crippen molar-refractivity contribution < 1.29 is 23.1 Å². The number of alkyl halides is 3. The van der Waals surface area contributed by atoms with Crippen LogP contribution in [0.15, 0.2) is 17.5 Å². The Balaban J connectivity index is 2.22. The number of nitrogens with one attached hydrogen (secondary N) is 1. The quantitative estimate of drug-likeness (QED) is 0.853. The van der Waals surface area contributed by atoms with Crippen LogP contribution in [0, 0.1) is 0 Å². The van der Waals surface area contributed by atoms with Crippen molar-refractivity contribution in [2.75, 3.05) is 6.54 Å². The average molecular weight is 267 g/mol. The van der Waals surface area contributed by atoms with Gasteiger partial charge in [-0.3, -0.25) is 4.79 Å². The second-order valence-electron chi connectivity index (χ2n) is 3.44. The summed E-state index contributed by atoms with van der Waals surface area (Å²) in [7, 11) is 0. The molecular formula is C10H12F3NO2S. The van der Waals surface area contributed by atoms with Crippen LogP contribution < -0.4 is 5.32 Å². The van der Waals surface area contributed by atoms with Gasteiger partial charge in [-0.25, -0.2) is 0 Å². The summed E-state index contributed by atoms with van der Waals surface area (Å²) in [5.74, 6) is -0.498. The molecule has 1 unspecified atom stereocenters. The third-order valence-corrected chi connectivity index (χ3v) is 2.99. The Labute approximate surface area is 100 Å². The number of amides is 1. The molecule has 0 fully saturated rings. The van der Waals surface area contributed by atoms with Crippen molar-refractivity contribution in [2.24, 2.45) is 0 Å². The van der Waals surface area contributed by atoms with E-state index in [1.165, 1.54) is 11.3 Å². The van der Waals surface area contributed by atoms with E-state index in [1.807, 2.05) is 22.8 Å². The van der Waals surface area contributed by atoms with Gasteiger partial charge in [0.2, 0.25) is 5.91 Å². The largest absolute Gasteiger partial charge is 0.416 e. The van der Waals surface area contributed by atoms with Crippen LogP contribution in [0.5, 0.6) is 0 Å². The molecule has 7 heteroatoms. The Kier molecular flexibility index (Phi) is 4.95. The summed E-state index contributed by atoms with van der Waals surface area (Å²) in [5, 5.41) is 12.6. The van der Waals surface area contributed by atoms with Crippen LogP contribution in [0.1, 0.15) is 11.3 Å². The van der Waals surface area contributed by atoms with Crippen molar-refractivity contribution in [2.45, 2.75) is 25.1 Å². The Morgan fingerprint density at radius 1 is 1.53 bits per heavy atom. The number of carbonyl (C=O) groups is 1. The van der Waals surface area contributed by atoms with Crippen molar-refractivity contribution in [3.05, 3.63) is 22.4 Å². The zero-order valence-electron chi connectivity index (χ0n) is 8.83. The van der Waals surface area contributed by atoms with Gasteiger partial charge in [0.1, 0.15) is 0 Å². The first kappa shape index (κ1) is 14.0. The summed E-state index contributed by atoms with van der Waals surface area (Å²) in [5.41, 5.74) is 0. The minimum Gasteiger partial charge on any atom is -0.382 e. The Bertz CT molecular complexity index is 351. The number of aliphatic hydroxyl groups excluding tert-OH is 1. The second kappa shape index (κ2) is 6.02. The molecule has 1 rings (SSSR count). The molecule has 96 valence electrons. The van der Waals surface area contributed by atoms with Crippen molar-refractivity contribution >= 4 is 17.2 Å². The van der Waals surface area contributed by atoms with Gasteiger partial charge < -0.3 is 10.4 Å². The van der Waals surface area contributed by atoms with Crippen LogP contribution in [0.2, 0.25) is 0 Å². The summed E-state index contributed by atoms with van der Waals surface area (Å²) in [6.45, 7) is -0.799. The first-order chi connectivity index (χ1) is 7.89. The topological polar surface area (TPSA) is 49.3 Å². The van der Waals surface area contributed by atoms with Gasteiger partial charge >= 0.3 is 6.18 Å². The molecule has 1 heterocycles. The average Bonchev–Trinajstić information content (AvgIpc) is 2.74. The number of halogens is 3. The van der Waals surface area contributed by atoms with E-state index in [4.69, 9.17) is 5.11 Å². The summed E-state index contributed by atoms with van der Waals surface area (Å²) in [4.78, 5) is 12.2. The zero-order chi connectivity index (χ0) is 12.9. The molecule has 0 aromatic carbocycles.